The first kappa shape index (κ1) is 81.2. The van der Waals surface area contributed by atoms with Crippen molar-refractivity contribution in [2.45, 2.75) is 411 Å². The summed E-state index contributed by atoms with van der Waals surface area (Å²) in [5, 5.41) is 14.1. The van der Waals surface area contributed by atoms with Gasteiger partial charge in [0.2, 0.25) is 5.91 Å². The lowest BCUT2D eigenvalue weighted by molar-refractivity contribution is -0.870. The number of allylic oxidation sites excluding steroid dienone is 2. The third-order valence-corrected chi connectivity index (χ3v) is 18.5. The van der Waals surface area contributed by atoms with Gasteiger partial charge in [-0.05, 0) is 38.5 Å². The molecular formula is C73H147N2O6P. The number of phosphoric acid groups is 1. The predicted molar refractivity (Wildman–Crippen MR) is 358 cm³/mol. The van der Waals surface area contributed by atoms with Gasteiger partial charge in [-0.15, -0.1) is 0 Å². The summed E-state index contributed by atoms with van der Waals surface area (Å²) in [7, 11) is 1.33. The van der Waals surface area contributed by atoms with Crippen molar-refractivity contribution in [1.29, 1.82) is 0 Å². The Morgan fingerprint density at radius 2 is 0.671 bits per heavy atom. The van der Waals surface area contributed by atoms with E-state index in [0.717, 1.165) is 38.5 Å². The number of aliphatic hydroxyl groups excluding tert-OH is 1. The van der Waals surface area contributed by atoms with Crippen LogP contribution in [0.4, 0.5) is 0 Å². The summed E-state index contributed by atoms with van der Waals surface area (Å²) in [5.41, 5.74) is 0. The van der Waals surface area contributed by atoms with Crippen molar-refractivity contribution in [3.63, 3.8) is 0 Å². The van der Waals surface area contributed by atoms with E-state index in [2.05, 4.69) is 31.3 Å². The average molecular weight is 1180 g/mol. The van der Waals surface area contributed by atoms with E-state index >= 15 is 0 Å². The Balaban J connectivity index is 3.96. The van der Waals surface area contributed by atoms with Gasteiger partial charge in [0.1, 0.15) is 13.2 Å². The highest BCUT2D eigenvalue weighted by Crippen LogP contribution is 2.38. The van der Waals surface area contributed by atoms with Gasteiger partial charge in [-0.3, -0.25) is 9.36 Å². The molecule has 0 aliphatic carbocycles. The highest BCUT2D eigenvalue weighted by molar-refractivity contribution is 7.45. The number of unbranched alkanes of at least 4 members (excludes halogenated alkanes) is 55. The van der Waals surface area contributed by atoms with Crippen molar-refractivity contribution < 1.29 is 32.9 Å². The first-order chi connectivity index (χ1) is 40.0. The van der Waals surface area contributed by atoms with Gasteiger partial charge >= 0.3 is 0 Å². The molecule has 0 bridgehead atoms. The second-order valence-corrected chi connectivity index (χ2v) is 28.4. The van der Waals surface area contributed by atoms with Crippen molar-refractivity contribution in [2.75, 3.05) is 40.9 Å². The molecule has 0 aromatic carbocycles. The smallest absolute Gasteiger partial charge is 0.268 e. The van der Waals surface area contributed by atoms with E-state index in [1.54, 1.807) is 0 Å². The number of hydrogen-bond donors (Lipinski definition) is 2. The maximum absolute atomic E-state index is 13.1. The lowest BCUT2D eigenvalue weighted by atomic mass is 10.0. The molecule has 0 aliphatic heterocycles. The first-order valence-electron chi connectivity index (χ1n) is 37.0. The molecule has 0 fully saturated rings. The number of carbonyl (C=O) groups excluding carboxylic acids is 1. The Morgan fingerprint density at radius 3 is 0.951 bits per heavy atom. The monoisotopic (exact) mass is 1180 g/mol. The Morgan fingerprint density at radius 1 is 0.415 bits per heavy atom. The van der Waals surface area contributed by atoms with Crippen LogP contribution < -0.4 is 10.2 Å². The van der Waals surface area contributed by atoms with Crippen LogP contribution >= 0.6 is 7.82 Å². The molecule has 0 radical (unpaired) electrons. The fourth-order valence-corrected chi connectivity index (χ4v) is 12.5. The van der Waals surface area contributed by atoms with Gasteiger partial charge in [-0.25, -0.2) is 0 Å². The van der Waals surface area contributed by atoms with Gasteiger partial charge in [0.25, 0.3) is 7.82 Å². The minimum atomic E-state index is -4.58. The van der Waals surface area contributed by atoms with Crippen LogP contribution in [0.25, 0.3) is 0 Å². The zero-order valence-electron chi connectivity index (χ0n) is 56.2. The number of aliphatic hydroxyl groups is 1. The third kappa shape index (κ3) is 66.8. The summed E-state index contributed by atoms with van der Waals surface area (Å²) in [6.45, 7) is 4.79. The molecule has 0 heterocycles. The van der Waals surface area contributed by atoms with E-state index in [1.807, 2.05) is 21.1 Å². The fourth-order valence-electron chi connectivity index (χ4n) is 11.7. The normalized spacial score (nSPS) is 13.6. The number of nitrogens with one attached hydrogen (secondary N) is 1. The van der Waals surface area contributed by atoms with Gasteiger partial charge in [0, 0.05) is 6.42 Å². The van der Waals surface area contributed by atoms with Gasteiger partial charge in [-0.2, -0.15) is 0 Å². The number of carbonyl (C=O) groups is 1. The number of rotatable bonds is 70. The highest BCUT2D eigenvalue weighted by Gasteiger charge is 2.24. The fraction of sp³-hybridized carbons (Fsp3) is 0.959. The number of hydrogen-bond acceptors (Lipinski definition) is 6. The molecule has 3 unspecified atom stereocenters. The van der Waals surface area contributed by atoms with Crippen molar-refractivity contribution in [3.05, 3.63) is 12.2 Å². The standard InChI is InChI=1S/C73H147N2O6P/c1-6-8-10-12-14-16-18-20-22-24-26-28-30-32-34-35-36-37-38-39-41-42-44-46-48-50-52-54-56-58-60-62-64-66-72(76)71(70-81-82(78,79)80-69-68-75(3,4)5)74-73(77)67-65-63-61-59-57-55-53-51-49-47-45-43-40-33-31-29-27-25-23-21-19-17-15-13-11-9-7-2/h25,27,71-72,76H,6-24,26,28-70H2,1-5H3,(H-,74,77,78,79)/b27-25-. The minimum absolute atomic E-state index is 0.0156. The van der Waals surface area contributed by atoms with E-state index in [0.29, 0.717) is 23.9 Å². The third-order valence-electron chi connectivity index (χ3n) is 17.5. The quantitative estimate of drug-likeness (QED) is 0.0272. The van der Waals surface area contributed by atoms with Gasteiger partial charge in [-0.1, -0.05) is 366 Å². The van der Waals surface area contributed by atoms with Gasteiger partial charge in [0.05, 0.1) is 39.9 Å². The molecule has 0 rings (SSSR count). The maximum Gasteiger partial charge on any atom is 0.268 e. The van der Waals surface area contributed by atoms with Crippen molar-refractivity contribution in [1.82, 2.24) is 5.32 Å². The molecule has 490 valence electrons. The van der Waals surface area contributed by atoms with Crippen LogP contribution in [0.2, 0.25) is 0 Å². The first-order valence-corrected chi connectivity index (χ1v) is 38.5. The molecule has 8 nitrogen and oxygen atoms in total. The van der Waals surface area contributed by atoms with Gasteiger partial charge < -0.3 is 28.8 Å². The largest absolute Gasteiger partial charge is 0.756 e. The second kappa shape index (κ2) is 64.7. The van der Waals surface area contributed by atoms with E-state index < -0.39 is 20.0 Å². The van der Waals surface area contributed by atoms with Crippen molar-refractivity contribution >= 4 is 13.7 Å². The van der Waals surface area contributed by atoms with E-state index in [4.69, 9.17) is 9.05 Å². The Bertz CT molecular complexity index is 1340. The zero-order valence-corrected chi connectivity index (χ0v) is 57.1. The molecule has 82 heavy (non-hydrogen) atoms. The molecule has 1 amide bonds. The Hall–Kier alpha value is -0.760. The number of likely N-dealkylation sites (N-methyl/N-ethyl adjacent to an activating group) is 1. The molecule has 9 heteroatoms. The second-order valence-electron chi connectivity index (χ2n) is 27.0. The van der Waals surface area contributed by atoms with E-state index in [1.165, 1.54) is 334 Å². The summed E-state index contributed by atoms with van der Waals surface area (Å²) >= 11 is 0. The number of phosphoric ester groups is 1. The number of amides is 1. The molecule has 0 aromatic rings. The topological polar surface area (TPSA) is 108 Å². The molecule has 0 saturated heterocycles. The van der Waals surface area contributed by atoms with Crippen molar-refractivity contribution in [2.24, 2.45) is 0 Å². The Labute approximate surface area is 513 Å². The van der Waals surface area contributed by atoms with Crippen LogP contribution in [0.5, 0.6) is 0 Å². The Kier molecular flexibility index (Phi) is 64.1. The summed E-state index contributed by atoms with van der Waals surface area (Å²) < 4.78 is 23.6. The number of quaternary nitrogens is 1. The summed E-state index contributed by atoms with van der Waals surface area (Å²) in [6, 6.07) is -0.799. The van der Waals surface area contributed by atoms with Crippen LogP contribution in [0, 0.1) is 0 Å². The molecular weight excluding hydrogens is 1030 g/mol. The van der Waals surface area contributed by atoms with Crippen LogP contribution in [0.3, 0.4) is 0 Å². The predicted octanol–water partition coefficient (Wildman–Crippen LogP) is 23.0. The lowest BCUT2D eigenvalue weighted by Gasteiger charge is -2.30. The van der Waals surface area contributed by atoms with Crippen LogP contribution in [0.15, 0.2) is 12.2 Å². The SMILES string of the molecule is CCCCCCCCCC/C=C\CCCCCCCCCCCCCCCCCC(=O)NC(COP(=O)([O-])OCC[N+](C)(C)C)C(O)CCCCCCCCCCCCCCCCCCCCCCCCCCCCCCCCCCC. The molecule has 3 atom stereocenters. The molecule has 2 N–H and O–H groups in total. The highest BCUT2D eigenvalue weighted by atomic mass is 31.2. The molecule has 0 aliphatic rings. The number of nitrogens with zero attached hydrogens (tertiary/aromatic N) is 1. The van der Waals surface area contributed by atoms with Gasteiger partial charge in [0.15, 0.2) is 0 Å². The maximum atomic E-state index is 13.1. The molecule has 0 aromatic heterocycles. The summed E-state index contributed by atoms with van der Waals surface area (Å²) in [5.74, 6) is -0.155. The molecule has 0 saturated carbocycles. The van der Waals surface area contributed by atoms with Crippen molar-refractivity contribution in [3.8, 4) is 0 Å². The van der Waals surface area contributed by atoms with E-state index in [-0.39, 0.29) is 19.1 Å². The zero-order chi connectivity index (χ0) is 59.8. The van der Waals surface area contributed by atoms with Crippen LogP contribution in [0.1, 0.15) is 399 Å². The summed E-state index contributed by atoms with van der Waals surface area (Å²) in [6.07, 6.45) is 83.1. The van der Waals surface area contributed by atoms with Crippen LogP contribution in [-0.4, -0.2) is 68.5 Å². The molecule has 0 spiro atoms. The minimum Gasteiger partial charge on any atom is -0.756 e. The summed E-state index contributed by atoms with van der Waals surface area (Å²) in [4.78, 5) is 25.7. The van der Waals surface area contributed by atoms with Crippen LogP contribution in [-0.2, 0) is 18.4 Å². The van der Waals surface area contributed by atoms with E-state index in [9.17, 15) is 19.4 Å². The average Bonchev–Trinajstić information content (AvgIpc) is 3.45. The lowest BCUT2D eigenvalue weighted by Crippen LogP contribution is -2.46.